The number of hydrogen-bond donors (Lipinski definition) is 1. The molecule has 0 saturated carbocycles. The van der Waals surface area contributed by atoms with E-state index in [0.29, 0.717) is 16.7 Å². The number of benzene rings is 1. The predicted octanol–water partition coefficient (Wildman–Crippen LogP) is 2.89. The molecule has 2 aromatic rings. The summed E-state index contributed by atoms with van der Waals surface area (Å²) in [6.45, 7) is 0. The Morgan fingerprint density at radius 3 is 2.62 bits per heavy atom. The quantitative estimate of drug-likeness (QED) is 0.911. The lowest BCUT2D eigenvalue weighted by Crippen LogP contribution is -2.11. The minimum Gasteiger partial charge on any atom is -0.309 e. The molecular formula is C11H8Br2N2O. The van der Waals surface area contributed by atoms with Gasteiger partial charge in [0.05, 0.1) is 0 Å². The van der Waals surface area contributed by atoms with E-state index in [9.17, 15) is 4.79 Å². The molecule has 0 bridgehead atoms. The first-order valence-electron chi connectivity index (χ1n) is 4.64. The topological polar surface area (TPSA) is 45.8 Å². The van der Waals surface area contributed by atoms with Crippen LogP contribution in [-0.4, -0.2) is 9.97 Å². The molecule has 0 aliphatic carbocycles. The molecule has 0 amide bonds. The van der Waals surface area contributed by atoms with Crippen LogP contribution in [0.4, 0.5) is 0 Å². The molecule has 0 unspecified atom stereocenters. The summed E-state index contributed by atoms with van der Waals surface area (Å²) in [6, 6.07) is 7.86. The first kappa shape index (κ1) is 11.5. The fourth-order valence-electron chi connectivity index (χ4n) is 1.33. The van der Waals surface area contributed by atoms with Gasteiger partial charge in [-0.15, -0.1) is 0 Å². The molecule has 5 heteroatoms. The number of aromatic amines is 1. The Morgan fingerprint density at radius 2 is 1.94 bits per heavy atom. The van der Waals surface area contributed by atoms with E-state index in [1.807, 2.05) is 24.3 Å². The number of nitrogens with zero attached hydrogens (tertiary/aromatic N) is 1. The summed E-state index contributed by atoms with van der Waals surface area (Å²) in [5, 5.41) is 0. The minimum absolute atomic E-state index is 0.156. The second-order valence-corrected chi connectivity index (χ2v) is 4.98. The lowest BCUT2D eigenvalue weighted by atomic mass is 10.1. The van der Waals surface area contributed by atoms with Crippen LogP contribution in [-0.2, 0) is 6.42 Å². The lowest BCUT2D eigenvalue weighted by molar-refractivity contribution is 0.935. The normalized spacial score (nSPS) is 10.4. The van der Waals surface area contributed by atoms with Gasteiger partial charge in [0.2, 0.25) is 0 Å². The molecule has 0 radical (unpaired) electrons. The Morgan fingerprint density at radius 1 is 1.19 bits per heavy atom. The summed E-state index contributed by atoms with van der Waals surface area (Å²) in [7, 11) is 0. The second kappa shape index (κ2) is 4.93. The molecule has 0 fully saturated rings. The van der Waals surface area contributed by atoms with Crippen LogP contribution < -0.4 is 5.56 Å². The van der Waals surface area contributed by atoms with Crippen molar-refractivity contribution in [2.24, 2.45) is 0 Å². The van der Waals surface area contributed by atoms with Crippen LogP contribution >= 0.6 is 31.9 Å². The molecular weight excluding hydrogens is 336 g/mol. The SMILES string of the molecule is O=c1[nH]c(Cc2ccccc2Br)ncc1Br. The van der Waals surface area contributed by atoms with Crippen molar-refractivity contribution in [1.82, 2.24) is 9.97 Å². The van der Waals surface area contributed by atoms with E-state index in [1.165, 1.54) is 6.20 Å². The maximum Gasteiger partial charge on any atom is 0.265 e. The molecule has 2 rings (SSSR count). The van der Waals surface area contributed by atoms with E-state index in [4.69, 9.17) is 0 Å². The average molecular weight is 344 g/mol. The van der Waals surface area contributed by atoms with Crippen LogP contribution in [0.5, 0.6) is 0 Å². The highest BCUT2D eigenvalue weighted by atomic mass is 79.9. The van der Waals surface area contributed by atoms with Crippen molar-refractivity contribution in [3.63, 3.8) is 0 Å². The van der Waals surface area contributed by atoms with Gasteiger partial charge < -0.3 is 4.98 Å². The van der Waals surface area contributed by atoms with Crippen LogP contribution in [0.1, 0.15) is 11.4 Å². The van der Waals surface area contributed by atoms with Gasteiger partial charge in [0, 0.05) is 17.1 Å². The molecule has 0 atom stereocenters. The van der Waals surface area contributed by atoms with Crippen molar-refractivity contribution in [1.29, 1.82) is 0 Å². The molecule has 1 aromatic carbocycles. The zero-order valence-corrected chi connectivity index (χ0v) is 11.4. The number of halogens is 2. The molecule has 82 valence electrons. The Hall–Kier alpha value is -0.940. The fourth-order valence-corrected chi connectivity index (χ4v) is 1.95. The highest BCUT2D eigenvalue weighted by Crippen LogP contribution is 2.17. The summed E-state index contributed by atoms with van der Waals surface area (Å²) in [5.74, 6) is 0.653. The van der Waals surface area contributed by atoms with Crippen LogP contribution in [0.3, 0.4) is 0 Å². The summed E-state index contributed by atoms with van der Waals surface area (Å²) in [6.07, 6.45) is 2.12. The summed E-state index contributed by atoms with van der Waals surface area (Å²) >= 11 is 6.57. The van der Waals surface area contributed by atoms with Gasteiger partial charge in [-0.25, -0.2) is 4.98 Å². The van der Waals surface area contributed by atoms with Gasteiger partial charge in [-0.3, -0.25) is 4.79 Å². The van der Waals surface area contributed by atoms with Gasteiger partial charge in [0.25, 0.3) is 5.56 Å². The monoisotopic (exact) mass is 342 g/mol. The van der Waals surface area contributed by atoms with Gasteiger partial charge in [-0.1, -0.05) is 34.1 Å². The summed E-state index contributed by atoms with van der Waals surface area (Å²) in [5.41, 5.74) is 0.935. The highest BCUT2D eigenvalue weighted by molar-refractivity contribution is 9.10. The second-order valence-electron chi connectivity index (χ2n) is 3.28. The van der Waals surface area contributed by atoms with E-state index in [1.54, 1.807) is 0 Å². The molecule has 0 spiro atoms. The van der Waals surface area contributed by atoms with Crippen molar-refractivity contribution in [2.75, 3.05) is 0 Å². The van der Waals surface area contributed by atoms with Crippen molar-refractivity contribution in [3.05, 3.63) is 61.1 Å². The Kier molecular flexibility index (Phi) is 3.56. The first-order valence-corrected chi connectivity index (χ1v) is 6.22. The van der Waals surface area contributed by atoms with Gasteiger partial charge in [0.1, 0.15) is 10.3 Å². The van der Waals surface area contributed by atoms with Gasteiger partial charge in [-0.05, 0) is 27.6 Å². The Balaban J connectivity index is 2.31. The van der Waals surface area contributed by atoms with Crippen LogP contribution in [0, 0.1) is 0 Å². The van der Waals surface area contributed by atoms with Crippen LogP contribution in [0.2, 0.25) is 0 Å². The predicted molar refractivity (Wildman–Crippen MR) is 69.5 cm³/mol. The number of aromatic nitrogens is 2. The number of hydrogen-bond acceptors (Lipinski definition) is 2. The zero-order chi connectivity index (χ0) is 11.5. The molecule has 1 heterocycles. The highest BCUT2D eigenvalue weighted by Gasteiger charge is 2.03. The third-order valence-electron chi connectivity index (χ3n) is 2.12. The van der Waals surface area contributed by atoms with Crippen molar-refractivity contribution in [3.8, 4) is 0 Å². The smallest absolute Gasteiger partial charge is 0.265 e. The van der Waals surface area contributed by atoms with Crippen LogP contribution in [0.25, 0.3) is 0 Å². The van der Waals surface area contributed by atoms with E-state index in [-0.39, 0.29) is 5.56 Å². The number of H-pyrrole nitrogens is 1. The Labute approximate surface area is 109 Å². The van der Waals surface area contributed by atoms with E-state index < -0.39 is 0 Å². The maximum absolute atomic E-state index is 11.4. The van der Waals surface area contributed by atoms with Gasteiger partial charge in [-0.2, -0.15) is 0 Å². The molecule has 1 aromatic heterocycles. The molecule has 1 N–H and O–H groups in total. The number of nitrogens with one attached hydrogen (secondary N) is 1. The molecule has 16 heavy (non-hydrogen) atoms. The third kappa shape index (κ3) is 2.59. The third-order valence-corrected chi connectivity index (χ3v) is 3.46. The van der Waals surface area contributed by atoms with Crippen molar-refractivity contribution >= 4 is 31.9 Å². The standard InChI is InChI=1S/C11H8Br2N2O/c12-8-4-2-1-3-7(8)5-10-14-6-9(13)11(16)15-10/h1-4,6H,5H2,(H,14,15,16). The summed E-state index contributed by atoms with van der Waals surface area (Å²) in [4.78, 5) is 18.2. The average Bonchev–Trinajstić information content (AvgIpc) is 2.27. The molecule has 0 aliphatic heterocycles. The van der Waals surface area contributed by atoms with Gasteiger partial charge in [0.15, 0.2) is 0 Å². The van der Waals surface area contributed by atoms with E-state index in [2.05, 4.69) is 41.8 Å². The van der Waals surface area contributed by atoms with Crippen molar-refractivity contribution in [2.45, 2.75) is 6.42 Å². The van der Waals surface area contributed by atoms with E-state index in [0.717, 1.165) is 10.0 Å². The lowest BCUT2D eigenvalue weighted by Gasteiger charge is -2.03. The first-order chi connectivity index (χ1) is 7.66. The largest absolute Gasteiger partial charge is 0.309 e. The molecule has 0 aliphatic rings. The summed E-state index contributed by atoms with van der Waals surface area (Å²) < 4.78 is 1.46. The maximum atomic E-state index is 11.4. The fraction of sp³-hybridized carbons (Fsp3) is 0.0909. The van der Waals surface area contributed by atoms with Crippen molar-refractivity contribution < 1.29 is 0 Å². The number of rotatable bonds is 2. The van der Waals surface area contributed by atoms with Gasteiger partial charge >= 0.3 is 0 Å². The minimum atomic E-state index is -0.156. The molecule has 3 nitrogen and oxygen atoms in total. The molecule has 0 saturated heterocycles. The zero-order valence-electron chi connectivity index (χ0n) is 8.21. The van der Waals surface area contributed by atoms with E-state index >= 15 is 0 Å². The van der Waals surface area contributed by atoms with Crippen LogP contribution in [0.15, 0.2) is 44.2 Å². The Bertz CT molecular complexity index is 566.